The lowest BCUT2D eigenvalue weighted by molar-refractivity contribution is -0.159. The van der Waals surface area contributed by atoms with Gasteiger partial charge in [0.15, 0.2) is 5.54 Å². The smallest absolute Gasteiger partial charge is 0.328 e. The van der Waals surface area contributed by atoms with Gasteiger partial charge < -0.3 is 31.3 Å². The molecule has 0 bridgehead atoms. The SMILES string of the molecule is CCCCCCC(C)c1cnc(CC(O)C(O)C(O)C(N)(CO)C(=O)O)nc1. The summed E-state index contributed by atoms with van der Waals surface area (Å²) in [5, 5.41) is 48.3. The minimum absolute atomic E-state index is 0.204. The molecule has 5 unspecified atom stereocenters. The van der Waals surface area contributed by atoms with E-state index in [0.717, 1.165) is 18.4 Å². The third kappa shape index (κ3) is 6.46. The summed E-state index contributed by atoms with van der Waals surface area (Å²) in [6.07, 6.45) is 3.37. The molecule has 0 amide bonds. The van der Waals surface area contributed by atoms with Crippen LogP contribution >= 0.6 is 0 Å². The maximum Gasteiger partial charge on any atom is 0.328 e. The summed E-state index contributed by atoms with van der Waals surface area (Å²) in [7, 11) is 0. The van der Waals surface area contributed by atoms with Crippen molar-refractivity contribution < 1.29 is 30.3 Å². The number of hydrogen-bond acceptors (Lipinski definition) is 8. The van der Waals surface area contributed by atoms with Gasteiger partial charge >= 0.3 is 5.97 Å². The van der Waals surface area contributed by atoms with Crippen molar-refractivity contribution in [2.24, 2.45) is 5.73 Å². The summed E-state index contributed by atoms with van der Waals surface area (Å²) >= 11 is 0. The predicted molar refractivity (Wildman–Crippen MR) is 103 cm³/mol. The Bertz CT molecular complexity index is 600. The van der Waals surface area contributed by atoms with Crippen LogP contribution in [0.2, 0.25) is 0 Å². The molecule has 7 N–H and O–H groups in total. The molecule has 9 heteroatoms. The molecule has 0 saturated heterocycles. The van der Waals surface area contributed by atoms with Crippen LogP contribution in [0, 0.1) is 0 Å². The Hall–Kier alpha value is -1.65. The second kappa shape index (κ2) is 11.4. The lowest BCUT2D eigenvalue weighted by Crippen LogP contribution is -2.65. The van der Waals surface area contributed by atoms with Gasteiger partial charge in [0.05, 0.1) is 12.7 Å². The molecular weight excluding hydrogens is 366 g/mol. The topological polar surface area (TPSA) is 170 Å². The van der Waals surface area contributed by atoms with Crippen LogP contribution in [0.15, 0.2) is 12.4 Å². The Kier molecular flexibility index (Phi) is 9.91. The van der Waals surface area contributed by atoms with Crippen molar-refractivity contribution in [1.29, 1.82) is 0 Å². The van der Waals surface area contributed by atoms with Gasteiger partial charge in [-0.2, -0.15) is 0 Å². The van der Waals surface area contributed by atoms with E-state index in [4.69, 9.17) is 15.9 Å². The number of carboxylic acids is 1. The van der Waals surface area contributed by atoms with Gasteiger partial charge in [-0.15, -0.1) is 0 Å². The first-order valence-electron chi connectivity index (χ1n) is 9.65. The molecule has 0 aliphatic heterocycles. The Morgan fingerprint density at radius 2 is 1.79 bits per heavy atom. The first-order valence-corrected chi connectivity index (χ1v) is 9.65. The third-order valence-electron chi connectivity index (χ3n) is 5.08. The summed E-state index contributed by atoms with van der Waals surface area (Å²) in [4.78, 5) is 19.5. The highest BCUT2D eigenvalue weighted by molar-refractivity contribution is 5.79. The van der Waals surface area contributed by atoms with Gasteiger partial charge in [0.2, 0.25) is 0 Å². The number of aliphatic carboxylic acids is 1. The van der Waals surface area contributed by atoms with Crippen LogP contribution in [0.5, 0.6) is 0 Å². The minimum atomic E-state index is -2.49. The summed E-state index contributed by atoms with van der Waals surface area (Å²) in [6, 6.07) is 0. The van der Waals surface area contributed by atoms with Crippen molar-refractivity contribution in [3.63, 3.8) is 0 Å². The Balaban J connectivity index is 2.66. The Labute approximate surface area is 165 Å². The van der Waals surface area contributed by atoms with E-state index in [1.807, 2.05) is 0 Å². The molecule has 1 aromatic heterocycles. The van der Waals surface area contributed by atoms with Crippen LogP contribution in [-0.2, 0) is 11.2 Å². The fourth-order valence-electron chi connectivity index (χ4n) is 2.88. The highest BCUT2D eigenvalue weighted by Crippen LogP contribution is 2.21. The summed E-state index contributed by atoms with van der Waals surface area (Å²) in [5.74, 6) is -1.15. The van der Waals surface area contributed by atoms with Crippen LogP contribution in [0.3, 0.4) is 0 Å². The van der Waals surface area contributed by atoms with E-state index in [2.05, 4.69) is 23.8 Å². The fourth-order valence-corrected chi connectivity index (χ4v) is 2.88. The Morgan fingerprint density at radius 3 is 2.29 bits per heavy atom. The van der Waals surface area contributed by atoms with Crippen LogP contribution in [0.4, 0.5) is 0 Å². The molecule has 1 rings (SSSR count). The number of carboxylic acid groups (broad SMARTS) is 1. The molecule has 28 heavy (non-hydrogen) atoms. The third-order valence-corrected chi connectivity index (χ3v) is 5.08. The second-order valence-electron chi connectivity index (χ2n) is 7.39. The second-order valence-corrected chi connectivity index (χ2v) is 7.39. The predicted octanol–water partition coefficient (Wildman–Crippen LogP) is -0.0499. The first-order chi connectivity index (χ1) is 13.2. The van der Waals surface area contributed by atoms with Gasteiger partial charge in [0.25, 0.3) is 0 Å². The number of aliphatic hydroxyl groups is 4. The standard InChI is InChI=1S/C19H33N3O6/c1-3-4-5-6-7-12(2)13-9-21-15(22-10-13)8-14(24)16(25)17(26)19(20,11-23)18(27)28/h9-10,12,14,16-17,23-26H,3-8,11,20H2,1-2H3,(H,27,28). The van der Waals surface area contributed by atoms with Gasteiger partial charge in [0, 0.05) is 18.8 Å². The van der Waals surface area contributed by atoms with Crippen LogP contribution in [0.1, 0.15) is 63.3 Å². The van der Waals surface area contributed by atoms with Crippen LogP contribution < -0.4 is 5.73 Å². The van der Waals surface area contributed by atoms with Crippen molar-refractivity contribution in [2.45, 2.75) is 82.1 Å². The lowest BCUT2D eigenvalue weighted by Gasteiger charge is -2.33. The van der Waals surface area contributed by atoms with E-state index in [-0.39, 0.29) is 12.2 Å². The zero-order chi connectivity index (χ0) is 21.3. The average Bonchev–Trinajstić information content (AvgIpc) is 2.69. The highest BCUT2D eigenvalue weighted by Gasteiger charge is 2.46. The molecule has 0 saturated carbocycles. The molecule has 0 fully saturated rings. The van der Waals surface area contributed by atoms with Gasteiger partial charge in [0.1, 0.15) is 18.0 Å². The monoisotopic (exact) mass is 399 g/mol. The quantitative estimate of drug-likeness (QED) is 0.249. The van der Waals surface area contributed by atoms with Gasteiger partial charge in [-0.25, -0.2) is 9.97 Å². The number of unbranched alkanes of at least 4 members (excludes halogenated alkanes) is 3. The number of hydrogen-bond donors (Lipinski definition) is 6. The number of aliphatic hydroxyl groups excluding tert-OH is 4. The molecule has 0 aliphatic carbocycles. The zero-order valence-electron chi connectivity index (χ0n) is 16.5. The maximum atomic E-state index is 11.1. The number of rotatable bonds is 13. The van der Waals surface area contributed by atoms with Crippen molar-refractivity contribution in [3.05, 3.63) is 23.8 Å². The van der Waals surface area contributed by atoms with E-state index >= 15 is 0 Å². The molecule has 0 aliphatic rings. The molecule has 0 radical (unpaired) electrons. The molecule has 1 heterocycles. The number of carbonyl (C=O) groups is 1. The minimum Gasteiger partial charge on any atom is -0.480 e. The molecule has 0 aromatic carbocycles. The van der Waals surface area contributed by atoms with Crippen LogP contribution in [-0.4, -0.2) is 71.9 Å². The highest BCUT2D eigenvalue weighted by atomic mass is 16.4. The van der Waals surface area contributed by atoms with E-state index in [1.54, 1.807) is 12.4 Å². The number of nitrogens with zero attached hydrogens (tertiary/aromatic N) is 2. The molecule has 5 atom stereocenters. The van der Waals surface area contributed by atoms with E-state index in [0.29, 0.717) is 5.92 Å². The molecular formula is C19H33N3O6. The summed E-state index contributed by atoms with van der Waals surface area (Å²) in [5.41, 5.74) is 3.91. The largest absolute Gasteiger partial charge is 0.480 e. The lowest BCUT2D eigenvalue weighted by atomic mass is 9.87. The average molecular weight is 399 g/mol. The van der Waals surface area contributed by atoms with E-state index in [9.17, 15) is 20.1 Å². The van der Waals surface area contributed by atoms with E-state index in [1.165, 1.54) is 19.3 Å². The molecule has 160 valence electrons. The van der Waals surface area contributed by atoms with Crippen molar-refractivity contribution in [1.82, 2.24) is 9.97 Å². The van der Waals surface area contributed by atoms with Crippen LogP contribution in [0.25, 0.3) is 0 Å². The molecule has 0 spiro atoms. The molecule has 1 aromatic rings. The molecule has 9 nitrogen and oxygen atoms in total. The summed E-state index contributed by atoms with van der Waals surface area (Å²) < 4.78 is 0. The zero-order valence-corrected chi connectivity index (χ0v) is 16.5. The Morgan fingerprint density at radius 1 is 1.18 bits per heavy atom. The van der Waals surface area contributed by atoms with Gasteiger partial charge in [-0.3, -0.25) is 4.79 Å². The van der Waals surface area contributed by atoms with Gasteiger partial charge in [-0.1, -0.05) is 39.5 Å². The van der Waals surface area contributed by atoms with Crippen molar-refractivity contribution in [2.75, 3.05) is 6.61 Å². The van der Waals surface area contributed by atoms with Gasteiger partial charge in [-0.05, 0) is 17.9 Å². The maximum absolute atomic E-state index is 11.1. The van der Waals surface area contributed by atoms with Crippen molar-refractivity contribution >= 4 is 5.97 Å². The summed E-state index contributed by atoms with van der Waals surface area (Å²) in [6.45, 7) is 3.16. The number of nitrogens with two attached hydrogens (primary N) is 1. The number of aromatic nitrogens is 2. The fraction of sp³-hybridized carbons (Fsp3) is 0.737. The first kappa shape index (κ1) is 24.4. The normalized spacial score (nSPS) is 18.1. The van der Waals surface area contributed by atoms with Crippen molar-refractivity contribution in [3.8, 4) is 0 Å². The van der Waals surface area contributed by atoms with E-state index < -0.39 is 36.4 Å².